The normalized spacial score (nSPS) is 18.9. The Balaban J connectivity index is 0.00000153. The zero-order valence-corrected chi connectivity index (χ0v) is 24.6. The second-order valence-electron chi connectivity index (χ2n) is 10.6. The van der Waals surface area contributed by atoms with Crippen LogP contribution in [-0.4, -0.2) is 7.63 Å². The van der Waals surface area contributed by atoms with E-state index in [1.165, 1.54) is 22.3 Å². The van der Waals surface area contributed by atoms with Gasteiger partial charge in [0.05, 0.1) is 0 Å². The van der Waals surface area contributed by atoms with Gasteiger partial charge in [-0.1, -0.05) is 0 Å². The Bertz CT molecular complexity index is 1310. The average molecular weight is 529 g/mol. The Morgan fingerprint density at radius 2 is 1.39 bits per heavy atom. The number of halogens is 2. The fraction of sp³-hybridized carbons (Fsp3) is 0.241. The monoisotopic (exact) mass is 528 g/mol. The van der Waals surface area contributed by atoms with Crippen LogP contribution in [0.4, 0.5) is 0 Å². The van der Waals surface area contributed by atoms with E-state index >= 15 is 0 Å². The minimum absolute atomic E-state index is 0. The van der Waals surface area contributed by atoms with Crippen molar-refractivity contribution in [2.24, 2.45) is 0 Å². The third-order valence-electron chi connectivity index (χ3n) is 7.69. The molecule has 0 fully saturated rings. The summed E-state index contributed by atoms with van der Waals surface area (Å²) in [6.07, 6.45) is 6.15. The second-order valence-corrected chi connectivity index (χ2v) is 30.7. The van der Waals surface area contributed by atoms with Gasteiger partial charge in [0, 0.05) is 0 Å². The third-order valence-corrected chi connectivity index (χ3v) is 19.2. The van der Waals surface area contributed by atoms with Crippen LogP contribution in [0.3, 0.4) is 0 Å². The molecule has 0 bridgehead atoms. The first kappa shape index (κ1) is 26.3. The van der Waals surface area contributed by atoms with Crippen LogP contribution in [0.15, 0.2) is 83.9 Å². The molecular weight excluding hydrogens is 495 g/mol. The van der Waals surface area contributed by atoms with Gasteiger partial charge >= 0.3 is 190 Å². The molecule has 0 amide bonds. The summed E-state index contributed by atoms with van der Waals surface area (Å²) in [7, 11) is 2.41. The fourth-order valence-corrected chi connectivity index (χ4v) is 20.2. The maximum absolute atomic E-state index is 3.09. The van der Waals surface area contributed by atoms with Gasteiger partial charge in [-0.3, -0.25) is 0 Å². The molecule has 0 saturated heterocycles. The Kier molecular flexibility index (Phi) is 7.45. The molecule has 2 aliphatic rings. The van der Waals surface area contributed by atoms with Crippen molar-refractivity contribution >= 4 is 44.6 Å². The maximum atomic E-state index is 2.71. The molecule has 0 nitrogen and oxygen atoms in total. The fourth-order valence-electron chi connectivity index (χ4n) is 6.66. The van der Waals surface area contributed by atoms with Crippen molar-refractivity contribution < 1.29 is 14.0 Å². The molecule has 0 aliphatic heterocycles. The van der Waals surface area contributed by atoms with E-state index in [9.17, 15) is 0 Å². The topological polar surface area (TPSA) is 0 Å². The van der Waals surface area contributed by atoms with Crippen LogP contribution >= 0.6 is 24.8 Å². The van der Waals surface area contributed by atoms with E-state index in [1.54, 1.807) is 22.3 Å². The van der Waals surface area contributed by atoms with Crippen LogP contribution in [0.1, 0.15) is 51.0 Å². The van der Waals surface area contributed by atoms with Gasteiger partial charge in [0.2, 0.25) is 0 Å². The molecule has 3 aromatic carbocycles. The molecule has 0 saturated carbocycles. The van der Waals surface area contributed by atoms with E-state index < -0.39 is 14.0 Å². The summed E-state index contributed by atoms with van der Waals surface area (Å²) in [6, 6.07) is 27.0. The molecule has 3 aromatic rings. The predicted octanol–water partition coefficient (Wildman–Crippen LogP) is 8.54. The van der Waals surface area contributed by atoms with Crippen molar-refractivity contribution in [2.75, 3.05) is 0 Å². The summed E-state index contributed by atoms with van der Waals surface area (Å²) in [5, 5.41) is 5.41. The Morgan fingerprint density at radius 3 is 2.09 bits per heavy atom. The number of hydrogen-bond acceptors (Lipinski definition) is 0. The molecule has 0 heterocycles. The molecule has 2 unspecified atom stereocenters. The van der Waals surface area contributed by atoms with Gasteiger partial charge in [0.1, 0.15) is 0 Å². The van der Waals surface area contributed by atoms with Gasteiger partial charge < -0.3 is 0 Å². The van der Waals surface area contributed by atoms with Crippen LogP contribution in [-0.2, 0) is 14.0 Å². The van der Waals surface area contributed by atoms with E-state index in [0.717, 1.165) is 6.42 Å². The van der Waals surface area contributed by atoms with Crippen molar-refractivity contribution in [3.05, 3.63) is 106 Å². The smallest absolute Gasteiger partial charge is 0.147 e. The van der Waals surface area contributed by atoms with Gasteiger partial charge in [-0.15, -0.1) is 24.8 Å². The summed E-state index contributed by atoms with van der Waals surface area (Å²) in [4.78, 5) is 0. The number of hydrogen-bond donors (Lipinski definition) is 0. The van der Waals surface area contributed by atoms with Gasteiger partial charge in [-0.2, -0.15) is 0 Å². The van der Waals surface area contributed by atoms with Crippen molar-refractivity contribution in [1.82, 2.24) is 0 Å². The molecule has 0 spiro atoms. The second kappa shape index (κ2) is 9.36. The standard InChI is InChI=1S/C16H13.C11H11.2CH3.2ClH.H2Si.Ti/c1-12-10-14-8-5-9-15(16(14)11-12)13-6-3-2-4-7-13;1-2-9-7-10-5-3-4-6-11(10)8-9;;;;;;/h2-11H,1H3;3-8H,2H2,1H3;2*1H3;2*1H;1H2;. The van der Waals surface area contributed by atoms with Crippen molar-refractivity contribution in [1.29, 1.82) is 0 Å². The zero-order chi connectivity index (χ0) is 21.8. The zero-order valence-electron chi connectivity index (χ0n) is 20.0. The van der Waals surface area contributed by atoms with Gasteiger partial charge in [0.25, 0.3) is 0 Å². The van der Waals surface area contributed by atoms with E-state index in [1.807, 2.05) is 0 Å². The van der Waals surface area contributed by atoms with Crippen molar-refractivity contribution in [3.8, 4) is 11.1 Å². The number of allylic oxidation sites excluding steroid dienone is 2. The Morgan fingerprint density at radius 1 is 0.758 bits per heavy atom. The van der Waals surface area contributed by atoms with Gasteiger partial charge in [0.15, 0.2) is 0 Å². The molecule has 172 valence electrons. The Hall–Kier alpha value is -1.35. The molecule has 0 radical (unpaired) electrons. The van der Waals surface area contributed by atoms with Crippen molar-refractivity contribution in [3.63, 3.8) is 0 Å². The largest absolute Gasteiger partial charge is 0.147 e. The van der Waals surface area contributed by atoms with E-state index in [2.05, 4.69) is 117 Å². The molecule has 0 aromatic heterocycles. The molecule has 4 heteroatoms. The SMILES string of the molecule is CCC1=Cc2ccccc2[CH]1[Ti]([CH3])([CH3])(=[SiH2])[CH]1C(C)=Cc2c(-c3ccccc3)cccc21.Cl.Cl. The first-order chi connectivity index (χ1) is 14.8. The minimum atomic E-state index is -3.09. The first-order valence-corrected chi connectivity index (χ1v) is 20.5. The van der Waals surface area contributed by atoms with Crippen LogP contribution in [0.2, 0.25) is 10.5 Å². The molecule has 2 atom stereocenters. The predicted molar refractivity (Wildman–Crippen MR) is 150 cm³/mol. The maximum Gasteiger partial charge on any atom is -0.147 e. The van der Waals surface area contributed by atoms with Crippen molar-refractivity contribution in [2.45, 2.75) is 39.2 Å². The van der Waals surface area contributed by atoms with E-state index in [-0.39, 0.29) is 24.8 Å². The summed E-state index contributed by atoms with van der Waals surface area (Å²) >= 11 is -3.09. The molecule has 5 rings (SSSR count). The first-order valence-electron chi connectivity index (χ1n) is 11.5. The third kappa shape index (κ3) is 4.17. The summed E-state index contributed by atoms with van der Waals surface area (Å²) in [5.41, 5.74) is 12.0. The molecule has 2 aliphatic carbocycles. The van der Waals surface area contributed by atoms with E-state index in [4.69, 9.17) is 0 Å². The molecule has 0 N–H and O–H groups in total. The van der Waals surface area contributed by atoms with Crippen LogP contribution in [0, 0.1) is 0 Å². The van der Waals surface area contributed by atoms with Crippen LogP contribution in [0.5, 0.6) is 0 Å². The van der Waals surface area contributed by atoms with Crippen LogP contribution in [0.25, 0.3) is 23.3 Å². The van der Waals surface area contributed by atoms with Crippen LogP contribution < -0.4 is 0 Å². The van der Waals surface area contributed by atoms with E-state index in [0.29, 0.717) is 8.45 Å². The number of fused-ring (bicyclic) bond motifs is 2. The summed E-state index contributed by atoms with van der Waals surface area (Å²) in [5.74, 6) is 0. The summed E-state index contributed by atoms with van der Waals surface area (Å²) < 4.78 is 1.18. The number of rotatable bonds is 4. The Labute approximate surface area is 213 Å². The molecular formula is C29H34Cl2SiTi. The average Bonchev–Trinajstić information content (AvgIpc) is 3.32. The molecule has 33 heavy (non-hydrogen) atoms. The minimum Gasteiger partial charge on any atom is -0.147 e. The quantitative estimate of drug-likeness (QED) is 0.297. The summed E-state index contributed by atoms with van der Waals surface area (Å²) in [6.45, 7) is 4.73. The van der Waals surface area contributed by atoms with Gasteiger partial charge in [-0.25, -0.2) is 0 Å². The van der Waals surface area contributed by atoms with Gasteiger partial charge in [-0.05, 0) is 0 Å². The number of benzene rings is 3.